The van der Waals surface area contributed by atoms with Crippen LogP contribution in [0.4, 0.5) is 0 Å². The summed E-state index contributed by atoms with van der Waals surface area (Å²) in [5, 5.41) is 18.1. The maximum atomic E-state index is 9.76. The minimum absolute atomic E-state index is 0.00763. The Morgan fingerprint density at radius 2 is 1.22 bits per heavy atom. The van der Waals surface area contributed by atoms with Crippen molar-refractivity contribution in [1.29, 1.82) is 5.41 Å². The van der Waals surface area contributed by atoms with Crippen molar-refractivity contribution in [3.8, 4) is 44.5 Å². The van der Waals surface area contributed by atoms with Gasteiger partial charge in [-0.05, 0) is 108 Å². The molecule has 3 aliphatic rings. The molecule has 1 heterocycles. The molecule has 4 nitrogen and oxygen atoms in total. The molecule has 0 aliphatic heterocycles. The molecule has 0 spiro atoms. The van der Waals surface area contributed by atoms with Gasteiger partial charge in [0.05, 0.1) is 6.04 Å². The fourth-order valence-electron chi connectivity index (χ4n) is 10.2. The number of nitrogens with one attached hydrogen (secondary N) is 2. The van der Waals surface area contributed by atoms with Gasteiger partial charge in [0.25, 0.3) is 0 Å². The lowest BCUT2D eigenvalue weighted by molar-refractivity contribution is 0.660. The Morgan fingerprint density at radius 3 is 2.05 bits per heavy atom. The highest BCUT2D eigenvalue weighted by molar-refractivity contribution is 6.23. The zero-order chi connectivity index (χ0) is 39.6. The number of amidine groups is 2. The molecule has 3 aliphatic carbocycles. The van der Waals surface area contributed by atoms with Crippen LogP contribution in [-0.2, 0) is 5.41 Å². The van der Waals surface area contributed by atoms with Gasteiger partial charge in [-0.2, -0.15) is 0 Å². The molecule has 0 unspecified atom stereocenters. The van der Waals surface area contributed by atoms with E-state index in [4.69, 9.17) is 9.41 Å². The van der Waals surface area contributed by atoms with Crippen molar-refractivity contribution in [1.82, 2.24) is 5.32 Å². The van der Waals surface area contributed by atoms with Crippen molar-refractivity contribution < 1.29 is 4.42 Å². The second-order valence-corrected chi connectivity index (χ2v) is 16.7. The minimum Gasteiger partial charge on any atom is -0.456 e. The molecule has 0 bridgehead atoms. The zero-order valence-electron chi connectivity index (χ0n) is 33.0. The first-order valence-corrected chi connectivity index (χ1v) is 20.4. The van der Waals surface area contributed by atoms with Crippen molar-refractivity contribution >= 4 is 50.0 Å². The summed E-state index contributed by atoms with van der Waals surface area (Å²) in [5.74, 6) is 0.867. The number of nitrogens with zero attached hydrogens (tertiary/aromatic N) is 1. The first-order valence-electron chi connectivity index (χ1n) is 20.4. The van der Waals surface area contributed by atoms with Gasteiger partial charge in [0.1, 0.15) is 17.0 Å². The fraction of sp³-hybridized carbons (Fsp3) is 0.0909. The first-order chi connectivity index (χ1) is 28.9. The monoisotopic (exact) mass is 757 g/mol. The van der Waals surface area contributed by atoms with Crippen LogP contribution in [-0.4, -0.2) is 17.7 Å². The van der Waals surface area contributed by atoms with Crippen molar-refractivity contribution in [2.24, 2.45) is 4.99 Å². The topological polar surface area (TPSA) is 61.4 Å². The van der Waals surface area contributed by atoms with Crippen LogP contribution in [0.5, 0.6) is 0 Å². The largest absolute Gasteiger partial charge is 0.456 e. The van der Waals surface area contributed by atoms with Crippen LogP contribution >= 0.6 is 0 Å². The van der Waals surface area contributed by atoms with E-state index < -0.39 is 0 Å². The molecule has 0 saturated carbocycles. The standard InChI is InChI=1S/C55H39N3O/c1-31-48(32-14-5-4-6-15-32)52(31)57-54(58-53(56)41-21-12-24-45-50(41)40-18-9-10-23-44(40)55(45,2)3)42-22-13-25-47-51(42)43-30-33(26-29-46(43)59-47)34-27-28-39-36-17-8-7-16-35(36)38-20-11-19-37(34)49(38)39/h4-30,52H,1-3H3,(H2,56,57,58)/t52-/m1/s1. The Labute approximate surface area is 342 Å². The van der Waals surface area contributed by atoms with E-state index in [9.17, 15) is 5.41 Å². The number of benzene rings is 8. The van der Waals surface area contributed by atoms with Crippen LogP contribution in [0.15, 0.2) is 179 Å². The first kappa shape index (κ1) is 33.8. The normalized spacial score (nSPS) is 15.8. The van der Waals surface area contributed by atoms with Crippen LogP contribution in [0.2, 0.25) is 0 Å². The maximum absolute atomic E-state index is 9.76. The van der Waals surface area contributed by atoms with Crippen LogP contribution in [0.3, 0.4) is 0 Å². The van der Waals surface area contributed by atoms with E-state index in [0.29, 0.717) is 5.84 Å². The van der Waals surface area contributed by atoms with Crippen molar-refractivity contribution in [2.45, 2.75) is 32.2 Å². The van der Waals surface area contributed by atoms with Gasteiger partial charge in [0.2, 0.25) is 0 Å². The van der Waals surface area contributed by atoms with E-state index in [0.717, 1.165) is 44.2 Å². The number of hydrogen-bond donors (Lipinski definition) is 2. The van der Waals surface area contributed by atoms with Gasteiger partial charge in [-0.3, -0.25) is 5.41 Å². The van der Waals surface area contributed by atoms with Crippen molar-refractivity contribution in [3.63, 3.8) is 0 Å². The number of rotatable bonds is 5. The van der Waals surface area contributed by atoms with E-state index in [1.165, 1.54) is 72.0 Å². The van der Waals surface area contributed by atoms with E-state index in [1.807, 2.05) is 18.2 Å². The van der Waals surface area contributed by atoms with E-state index in [-0.39, 0.29) is 17.3 Å². The van der Waals surface area contributed by atoms with Gasteiger partial charge in [0.15, 0.2) is 5.84 Å². The summed E-state index contributed by atoms with van der Waals surface area (Å²) in [5.41, 5.74) is 19.1. The lowest BCUT2D eigenvalue weighted by Crippen LogP contribution is -2.30. The van der Waals surface area contributed by atoms with Gasteiger partial charge in [0, 0.05) is 27.3 Å². The molecule has 1 aromatic heterocycles. The summed E-state index contributed by atoms with van der Waals surface area (Å²) in [6.45, 7) is 6.73. The average Bonchev–Trinajstić information content (AvgIpc) is 3.50. The Bertz CT molecular complexity index is 3330. The molecule has 9 aromatic rings. The van der Waals surface area contributed by atoms with Gasteiger partial charge < -0.3 is 9.73 Å². The zero-order valence-corrected chi connectivity index (χ0v) is 33.0. The highest BCUT2D eigenvalue weighted by Gasteiger charge is 2.38. The molecule has 0 fully saturated rings. The van der Waals surface area contributed by atoms with Gasteiger partial charge in [-0.1, -0.05) is 159 Å². The van der Waals surface area contributed by atoms with Crippen molar-refractivity contribution in [2.75, 3.05) is 0 Å². The third kappa shape index (κ3) is 4.90. The molecule has 1 atom stereocenters. The van der Waals surface area contributed by atoms with E-state index >= 15 is 0 Å². The van der Waals surface area contributed by atoms with Gasteiger partial charge in [-0.25, -0.2) is 4.99 Å². The lowest BCUT2D eigenvalue weighted by Gasteiger charge is -2.21. The minimum atomic E-state index is -0.180. The number of furan rings is 1. The highest BCUT2D eigenvalue weighted by Crippen LogP contribution is 2.51. The SMILES string of the molecule is CC1=C(c2ccccc2)[C@@H]1N/C(=N\C(=N)c1cccc2c1-c1ccccc1C2(C)C)c1cccc2oc3ccc(-c4ccc5c6c(cccc46)-c4ccccc4-5)cc3c12. The van der Waals surface area contributed by atoms with Crippen LogP contribution in [0.1, 0.15) is 48.6 Å². The second-order valence-electron chi connectivity index (χ2n) is 16.7. The Morgan fingerprint density at radius 1 is 0.559 bits per heavy atom. The predicted molar refractivity (Wildman–Crippen MR) is 244 cm³/mol. The molecule has 0 saturated heterocycles. The maximum Gasteiger partial charge on any atom is 0.154 e. The second kappa shape index (κ2) is 12.3. The molecule has 2 N–H and O–H groups in total. The molecule has 0 radical (unpaired) electrons. The number of hydrogen-bond acceptors (Lipinski definition) is 2. The highest BCUT2D eigenvalue weighted by atomic mass is 16.3. The fourth-order valence-corrected chi connectivity index (χ4v) is 10.2. The number of aliphatic imine (C=N–C) groups is 1. The van der Waals surface area contributed by atoms with Crippen LogP contribution < -0.4 is 5.32 Å². The average molecular weight is 758 g/mol. The molecular weight excluding hydrogens is 719 g/mol. The molecule has 0 amide bonds. The van der Waals surface area contributed by atoms with Crippen LogP contribution in [0.25, 0.3) is 82.8 Å². The quantitative estimate of drug-likeness (QED) is 0.136. The lowest BCUT2D eigenvalue weighted by atomic mass is 9.82. The summed E-state index contributed by atoms with van der Waals surface area (Å²) in [7, 11) is 0. The molecule has 280 valence electrons. The molecular formula is C55H39N3O. The Hall–Kier alpha value is -7.30. The Kier molecular flexibility index (Phi) is 7.08. The predicted octanol–water partition coefficient (Wildman–Crippen LogP) is 13.6. The van der Waals surface area contributed by atoms with Crippen LogP contribution in [0, 0.1) is 5.41 Å². The van der Waals surface area contributed by atoms with Gasteiger partial charge >= 0.3 is 0 Å². The summed E-state index contributed by atoms with van der Waals surface area (Å²) >= 11 is 0. The molecule has 59 heavy (non-hydrogen) atoms. The van der Waals surface area contributed by atoms with Crippen molar-refractivity contribution in [3.05, 3.63) is 197 Å². The Balaban J connectivity index is 1.03. The summed E-state index contributed by atoms with van der Waals surface area (Å²) in [6, 6.07) is 58.2. The smallest absolute Gasteiger partial charge is 0.154 e. The third-order valence-electron chi connectivity index (χ3n) is 13.1. The van der Waals surface area contributed by atoms with Gasteiger partial charge in [-0.15, -0.1) is 0 Å². The molecule has 12 rings (SSSR count). The summed E-state index contributed by atoms with van der Waals surface area (Å²) in [6.07, 6.45) is 0. The van der Waals surface area contributed by atoms with E-state index in [2.05, 4.69) is 172 Å². The third-order valence-corrected chi connectivity index (χ3v) is 13.1. The molecule has 4 heteroatoms. The summed E-state index contributed by atoms with van der Waals surface area (Å²) in [4.78, 5) is 5.28. The molecule has 8 aromatic carbocycles. The summed E-state index contributed by atoms with van der Waals surface area (Å²) < 4.78 is 6.61. The number of fused-ring (bicyclic) bond motifs is 9. The van der Waals surface area contributed by atoms with E-state index in [1.54, 1.807) is 0 Å².